The van der Waals surface area contributed by atoms with Gasteiger partial charge in [0.15, 0.2) is 28.8 Å². The van der Waals surface area contributed by atoms with Gasteiger partial charge in [0.05, 0.1) is 12.1 Å². The Labute approximate surface area is 313 Å². The van der Waals surface area contributed by atoms with E-state index in [9.17, 15) is 29.4 Å². The molecule has 0 bridgehead atoms. The average molecular weight is 758 g/mol. The number of fused-ring (bicyclic) bond motifs is 7. The van der Waals surface area contributed by atoms with Crippen LogP contribution in [0.2, 0.25) is 10.0 Å². The normalized spacial score (nSPS) is 28.5. The lowest BCUT2D eigenvalue weighted by Crippen LogP contribution is -2.51. The zero-order chi connectivity index (χ0) is 38.0. The zero-order valence-electron chi connectivity index (χ0n) is 30.7. The van der Waals surface area contributed by atoms with Crippen LogP contribution in [0.3, 0.4) is 0 Å². The fourth-order valence-corrected chi connectivity index (χ4v) is 10.3. The summed E-state index contributed by atoms with van der Waals surface area (Å²) in [6, 6.07) is 0. The quantitative estimate of drug-likeness (QED) is 0.230. The second-order valence-electron chi connectivity index (χ2n) is 15.3. The lowest BCUT2D eigenvalue weighted by atomic mass is 9.47. The van der Waals surface area contributed by atoms with Crippen molar-refractivity contribution in [2.24, 2.45) is 28.6 Å². The number of aromatic hydroxyl groups is 2. The zero-order valence-corrected chi connectivity index (χ0v) is 32.2. The van der Waals surface area contributed by atoms with Crippen LogP contribution in [0, 0.1) is 49.4 Å². The minimum absolute atomic E-state index is 0.0131. The summed E-state index contributed by atoms with van der Waals surface area (Å²) in [4.78, 5) is 48.5. The minimum atomic E-state index is -0.835. The Hall–Kier alpha value is -3.76. The molecule has 280 valence electrons. The highest BCUT2D eigenvalue weighted by atomic mass is 35.5. The first-order valence-corrected chi connectivity index (χ1v) is 18.7. The summed E-state index contributed by atoms with van der Waals surface area (Å²) >= 11 is 12.2. The van der Waals surface area contributed by atoms with Crippen molar-refractivity contribution in [1.29, 1.82) is 0 Å². The number of ether oxygens (including phenoxy) is 4. The van der Waals surface area contributed by atoms with E-state index in [0.717, 1.165) is 38.0 Å². The largest absolute Gasteiger partial charge is 0.507 e. The summed E-state index contributed by atoms with van der Waals surface area (Å²) in [5.41, 5.74) is 2.09. The highest BCUT2D eigenvalue weighted by Gasteiger charge is 2.60. The van der Waals surface area contributed by atoms with Gasteiger partial charge in [-0.05, 0) is 101 Å². The molecule has 2 aromatic rings. The van der Waals surface area contributed by atoms with Crippen molar-refractivity contribution in [3.05, 3.63) is 49.5 Å². The molecule has 10 nitrogen and oxygen atoms in total. The lowest BCUT2D eigenvalue weighted by molar-refractivity contribution is -0.159. The molecule has 0 aromatic heterocycles. The number of carbonyl (C=O) groups is 4. The molecule has 0 amide bonds. The number of hydrogen-bond acceptors (Lipinski definition) is 10. The molecule has 0 saturated heterocycles. The Balaban J connectivity index is 0.000000179. The maximum Gasteiger partial charge on any atom is 0.347 e. The number of carbonyl (C=O) groups excluding carboxylic acids is 4. The molecule has 7 rings (SSSR count). The number of phenols is 2. The van der Waals surface area contributed by atoms with Crippen LogP contribution in [-0.4, -0.2) is 47.1 Å². The van der Waals surface area contributed by atoms with Gasteiger partial charge in [0.1, 0.15) is 28.0 Å². The van der Waals surface area contributed by atoms with Crippen molar-refractivity contribution < 1.29 is 48.3 Å². The molecule has 2 N–H and O–H groups in total. The van der Waals surface area contributed by atoms with Crippen LogP contribution in [0.1, 0.15) is 116 Å². The molecule has 2 aromatic carbocycles. The van der Waals surface area contributed by atoms with Crippen molar-refractivity contribution in [2.45, 2.75) is 105 Å². The minimum Gasteiger partial charge on any atom is -0.507 e. The Morgan fingerprint density at radius 2 is 1.56 bits per heavy atom. The summed E-state index contributed by atoms with van der Waals surface area (Å²) in [6.07, 6.45) is 11.3. The van der Waals surface area contributed by atoms with Crippen LogP contribution in [0.5, 0.6) is 28.7 Å². The molecule has 6 atom stereocenters. The van der Waals surface area contributed by atoms with Crippen LogP contribution in [-0.2, 0) is 19.1 Å². The number of benzene rings is 2. The van der Waals surface area contributed by atoms with E-state index in [2.05, 4.69) is 13.8 Å². The van der Waals surface area contributed by atoms with Crippen molar-refractivity contribution in [1.82, 2.24) is 0 Å². The van der Waals surface area contributed by atoms with Crippen molar-refractivity contribution in [3.63, 3.8) is 0 Å². The second kappa shape index (κ2) is 13.9. The Bertz CT molecular complexity index is 1920. The van der Waals surface area contributed by atoms with Gasteiger partial charge in [-0.3, -0.25) is 9.59 Å². The molecule has 6 unspecified atom stereocenters. The second-order valence-corrected chi connectivity index (χ2v) is 16.1. The predicted octanol–water partition coefficient (Wildman–Crippen LogP) is 9.28. The number of ketones is 1. The highest BCUT2D eigenvalue weighted by Crippen LogP contribution is 2.65. The van der Waals surface area contributed by atoms with Gasteiger partial charge in [0.25, 0.3) is 0 Å². The lowest BCUT2D eigenvalue weighted by Gasteiger charge is -2.57. The molecule has 52 heavy (non-hydrogen) atoms. The first-order chi connectivity index (χ1) is 24.5. The first-order valence-electron chi connectivity index (χ1n) is 18.0. The first kappa shape index (κ1) is 38.0. The highest BCUT2D eigenvalue weighted by molar-refractivity contribution is 6.39. The van der Waals surface area contributed by atoms with Crippen LogP contribution in [0.25, 0.3) is 0 Å². The average Bonchev–Trinajstić information content (AvgIpc) is 3.36. The topological polar surface area (TPSA) is 146 Å². The number of methoxy groups -OCH3 is 1. The molecule has 1 aliphatic heterocycles. The molecule has 0 radical (unpaired) electrons. The molecule has 5 aliphatic rings. The maximum absolute atomic E-state index is 12.7. The maximum atomic E-state index is 12.7. The van der Waals surface area contributed by atoms with Gasteiger partial charge in [0.2, 0.25) is 0 Å². The summed E-state index contributed by atoms with van der Waals surface area (Å²) in [5, 5.41) is 20.1. The van der Waals surface area contributed by atoms with E-state index in [1.807, 2.05) is 13.0 Å². The fraction of sp³-hybridized carbons (Fsp3) is 0.550. The molecule has 4 aliphatic carbocycles. The van der Waals surface area contributed by atoms with Gasteiger partial charge in [-0.25, -0.2) is 9.59 Å². The Morgan fingerprint density at radius 3 is 2.23 bits per heavy atom. The van der Waals surface area contributed by atoms with Gasteiger partial charge < -0.3 is 29.2 Å². The Kier molecular flexibility index (Phi) is 10.2. The van der Waals surface area contributed by atoms with E-state index < -0.39 is 23.4 Å². The van der Waals surface area contributed by atoms with Gasteiger partial charge in [-0.1, -0.05) is 49.5 Å². The predicted molar refractivity (Wildman–Crippen MR) is 194 cm³/mol. The molecular weight excluding hydrogens is 711 g/mol. The molecule has 1 heterocycles. The number of hydrogen-bond donors (Lipinski definition) is 2. The van der Waals surface area contributed by atoms with Gasteiger partial charge in [-0.2, -0.15) is 0 Å². The Morgan fingerprint density at radius 1 is 0.865 bits per heavy atom. The molecule has 3 saturated carbocycles. The molecule has 12 heteroatoms. The third-order valence-corrected chi connectivity index (χ3v) is 13.6. The van der Waals surface area contributed by atoms with E-state index in [0.29, 0.717) is 24.0 Å². The standard InChI is InChI=1S/C22H32O3.C18H14Cl2O7/c1-4-20(24)25-19-8-7-17-16-6-5-14-13-15(23)9-11-21(14,2)18(16)10-12-22(17,19)3;1-5-9-16(11(20)13(22)10(5)19)26-14-6(2)8(17(23)25-4)12(21)7(3)15(14)27-18(9)24/h13,16-19H,4-12H2,1-3H3;21-22H,1-4H3. The number of halogens is 2. The SMILES string of the molecule is CCC(=O)OC1CCC2C3CCC4=CC(=O)CCC4(C)C3CCC12C.COC(=O)c1c(C)c2c(c(C)c1O)OC(=O)c1c(C)c(Cl)c(O)c(Cl)c1O2. The third kappa shape index (κ3) is 5.94. The summed E-state index contributed by atoms with van der Waals surface area (Å²) in [5.74, 6) is -0.324. The smallest absolute Gasteiger partial charge is 0.347 e. The number of rotatable bonds is 3. The summed E-state index contributed by atoms with van der Waals surface area (Å²) < 4.78 is 21.8. The molecule has 3 fully saturated rings. The number of phenolic OH excluding ortho intramolecular Hbond substituents is 2. The summed E-state index contributed by atoms with van der Waals surface area (Å²) in [6.45, 7) is 11.1. The van der Waals surface area contributed by atoms with Gasteiger partial charge in [0, 0.05) is 29.4 Å². The van der Waals surface area contributed by atoms with E-state index in [1.54, 1.807) is 0 Å². The van der Waals surface area contributed by atoms with Crippen molar-refractivity contribution >= 4 is 46.9 Å². The van der Waals surface area contributed by atoms with Crippen LogP contribution >= 0.6 is 23.2 Å². The van der Waals surface area contributed by atoms with Gasteiger partial charge >= 0.3 is 17.9 Å². The van der Waals surface area contributed by atoms with Crippen LogP contribution < -0.4 is 9.47 Å². The van der Waals surface area contributed by atoms with E-state index in [-0.39, 0.29) is 78.0 Å². The monoisotopic (exact) mass is 756 g/mol. The number of allylic oxidation sites excluding steroid dienone is 1. The van der Waals surface area contributed by atoms with Crippen molar-refractivity contribution in [3.8, 4) is 28.7 Å². The van der Waals surface area contributed by atoms with Gasteiger partial charge in [-0.15, -0.1) is 0 Å². The summed E-state index contributed by atoms with van der Waals surface area (Å²) in [7, 11) is 1.17. The van der Waals surface area contributed by atoms with Crippen LogP contribution in [0.4, 0.5) is 0 Å². The van der Waals surface area contributed by atoms with E-state index in [1.165, 1.54) is 52.7 Å². The number of esters is 3. The van der Waals surface area contributed by atoms with Crippen molar-refractivity contribution in [2.75, 3.05) is 7.11 Å². The van der Waals surface area contributed by atoms with E-state index >= 15 is 0 Å². The van der Waals surface area contributed by atoms with Crippen LogP contribution in [0.15, 0.2) is 11.6 Å². The third-order valence-electron chi connectivity index (χ3n) is 12.8. The molecule has 0 spiro atoms. The fourth-order valence-electron chi connectivity index (χ4n) is 9.83. The molecular formula is C40H46Cl2O10. The van der Waals surface area contributed by atoms with E-state index in [4.69, 9.17) is 42.1 Å².